The lowest BCUT2D eigenvalue weighted by atomic mass is 9.98. The molecule has 1 saturated heterocycles. The van der Waals surface area contributed by atoms with Crippen molar-refractivity contribution in [3.63, 3.8) is 0 Å². The number of rotatable bonds is 4. The molecule has 4 aromatic rings. The normalized spacial score (nSPS) is 16.6. The number of sulfonamides is 1. The quantitative estimate of drug-likeness (QED) is 0.404. The van der Waals surface area contributed by atoms with Crippen molar-refractivity contribution in [2.75, 3.05) is 13.1 Å². The molecule has 33 heavy (non-hydrogen) atoms. The third kappa shape index (κ3) is 4.11. The molecule has 1 aliphatic heterocycles. The Kier molecular flexibility index (Phi) is 5.41. The average Bonchev–Trinajstić information content (AvgIpc) is 3.18. The maximum atomic E-state index is 13.6. The van der Waals surface area contributed by atoms with Crippen LogP contribution in [0.1, 0.15) is 18.7 Å². The van der Waals surface area contributed by atoms with E-state index in [9.17, 15) is 21.6 Å². The summed E-state index contributed by atoms with van der Waals surface area (Å²) in [6.45, 7) is 0.695. The van der Waals surface area contributed by atoms with Gasteiger partial charge in [0.25, 0.3) is 0 Å². The average molecular weight is 474 g/mol. The second kappa shape index (κ2) is 8.14. The van der Waals surface area contributed by atoms with Crippen LogP contribution in [-0.4, -0.2) is 35.4 Å². The Labute approximate surface area is 189 Å². The molecule has 3 aromatic carbocycles. The molecule has 1 aromatic heterocycles. The standard InChI is InChI=1S/C24H22F3N3O2S/c25-24(26,27)23-28-21-7-3-4-8-22(21)30(23)16-17-11-13-29(14-12-17)33(31,32)20-10-9-18-5-1-2-6-19(18)15-20/h1-10,15,17H,11-14,16H2. The monoisotopic (exact) mass is 473 g/mol. The Hall–Kier alpha value is -2.91. The molecule has 0 spiro atoms. The highest BCUT2D eigenvalue weighted by atomic mass is 32.2. The van der Waals surface area contributed by atoms with Crippen molar-refractivity contribution in [1.29, 1.82) is 0 Å². The van der Waals surface area contributed by atoms with Crippen LogP contribution in [0.4, 0.5) is 13.2 Å². The molecule has 0 saturated carbocycles. The number of nitrogens with zero attached hydrogens (tertiary/aromatic N) is 3. The van der Waals surface area contributed by atoms with E-state index < -0.39 is 22.0 Å². The van der Waals surface area contributed by atoms with Crippen molar-refractivity contribution in [2.24, 2.45) is 5.92 Å². The molecule has 2 heterocycles. The van der Waals surface area contributed by atoms with Gasteiger partial charge in [0.05, 0.1) is 15.9 Å². The third-order valence-electron chi connectivity index (χ3n) is 6.28. The van der Waals surface area contributed by atoms with Crippen LogP contribution in [0, 0.1) is 5.92 Å². The molecule has 9 heteroatoms. The van der Waals surface area contributed by atoms with Crippen molar-refractivity contribution in [3.05, 3.63) is 72.6 Å². The van der Waals surface area contributed by atoms with Gasteiger partial charge in [-0.05, 0) is 53.8 Å². The third-order valence-corrected chi connectivity index (χ3v) is 8.18. The predicted molar refractivity (Wildman–Crippen MR) is 120 cm³/mol. The van der Waals surface area contributed by atoms with Gasteiger partial charge in [0.15, 0.2) is 0 Å². The number of halogens is 3. The van der Waals surface area contributed by atoms with Crippen LogP contribution >= 0.6 is 0 Å². The van der Waals surface area contributed by atoms with Gasteiger partial charge in [-0.1, -0.05) is 42.5 Å². The summed E-state index contributed by atoms with van der Waals surface area (Å²) in [4.78, 5) is 4.04. The smallest absolute Gasteiger partial charge is 0.320 e. The number of benzene rings is 3. The summed E-state index contributed by atoms with van der Waals surface area (Å²) >= 11 is 0. The van der Waals surface area contributed by atoms with Crippen LogP contribution in [0.15, 0.2) is 71.6 Å². The maximum absolute atomic E-state index is 13.6. The van der Waals surface area contributed by atoms with E-state index in [4.69, 9.17) is 0 Å². The number of imidazole rings is 1. The highest BCUT2D eigenvalue weighted by molar-refractivity contribution is 7.89. The minimum atomic E-state index is -4.56. The van der Waals surface area contributed by atoms with E-state index in [-0.39, 0.29) is 30.4 Å². The maximum Gasteiger partial charge on any atom is 0.449 e. The van der Waals surface area contributed by atoms with Crippen LogP contribution in [0.25, 0.3) is 21.8 Å². The molecule has 0 N–H and O–H groups in total. The van der Waals surface area contributed by atoms with Crippen LogP contribution in [-0.2, 0) is 22.7 Å². The van der Waals surface area contributed by atoms with E-state index in [2.05, 4.69) is 4.98 Å². The highest BCUT2D eigenvalue weighted by Crippen LogP contribution is 2.34. The second-order valence-corrected chi connectivity index (χ2v) is 10.3. The molecule has 0 bridgehead atoms. The second-order valence-electron chi connectivity index (χ2n) is 8.39. The van der Waals surface area contributed by atoms with Crippen LogP contribution in [0.2, 0.25) is 0 Å². The molecule has 172 valence electrons. The molecule has 5 rings (SSSR count). The molecule has 1 aliphatic rings. The fourth-order valence-electron chi connectivity index (χ4n) is 4.54. The summed E-state index contributed by atoms with van der Waals surface area (Å²) in [5.74, 6) is -0.985. The summed E-state index contributed by atoms with van der Waals surface area (Å²) < 4.78 is 69.8. The van der Waals surface area contributed by atoms with Crippen molar-refractivity contribution in [3.8, 4) is 0 Å². The van der Waals surface area contributed by atoms with E-state index in [0.717, 1.165) is 10.8 Å². The van der Waals surface area contributed by atoms with Crippen molar-refractivity contribution >= 4 is 31.8 Å². The van der Waals surface area contributed by atoms with Crippen LogP contribution in [0.3, 0.4) is 0 Å². The zero-order chi connectivity index (χ0) is 23.2. The number of para-hydroxylation sites is 2. The van der Waals surface area contributed by atoms with E-state index in [1.807, 2.05) is 24.3 Å². The largest absolute Gasteiger partial charge is 0.449 e. The molecular formula is C24H22F3N3O2S. The minimum absolute atomic E-state index is 0.0771. The fraction of sp³-hybridized carbons (Fsp3) is 0.292. The van der Waals surface area contributed by atoms with Gasteiger partial charge in [-0.25, -0.2) is 13.4 Å². The van der Waals surface area contributed by atoms with Crippen molar-refractivity contribution < 1.29 is 21.6 Å². The Morgan fingerprint density at radius 3 is 2.30 bits per heavy atom. The predicted octanol–water partition coefficient (Wildman–Crippen LogP) is 5.31. The minimum Gasteiger partial charge on any atom is -0.320 e. The molecule has 1 fully saturated rings. The van der Waals surface area contributed by atoms with Gasteiger partial charge in [-0.15, -0.1) is 0 Å². The van der Waals surface area contributed by atoms with Gasteiger partial charge in [0.1, 0.15) is 0 Å². The first-order valence-corrected chi connectivity index (χ1v) is 12.2. The lowest BCUT2D eigenvalue weighted by Gasteiger charge is -2.32. The summed E-state index contributed by atoms with van der Waals surface area (Å²) in [6.07, 6.45) is -3.59. The molecule has 0 atom stereocenters. The van der Waals surface area contributed by atoms with Gasteiger partial charge in [-0.2, -0.15) is 17.5 Å². The van der Waals surface area contributed by atoms with E-state index in [1.54, 1.807) is 42.5 Å². The zero-order valence-electron chi connectivity index (χ0n) is 17.7. The number of piperidine rings is 1. The van der Waals surface area contributed by atoms with Crippen molar-refractivity contribution in [2.45, 2.75) is 30.5 Å². The number of aromatic nitrogens is 2. The molecule has 0 radical (unpaired) electrons. The topological polar surface area (TPSA) is 55.2 Å². The van der Waals surface area contributed by atoms with E-state index in [0.29, 0.717) is 23.9 Å². The Balaban J connectivity index is 1.34. The van der Waals surface area contributed by atoms with E-state index >= 15 is 0 Å². The SMILES string of the molecule is O=S(=O)(c1ccc2ccccc2c1)N1CCC(Cn2c(C(F)(F)F)nc3ccccc32)CC1. The Morgan fingerprint density at radius 1 is 0.909 bits per heavy atom. The summed E-state index contributed by atoms with van der Waals surface area (Å²) in [5, 5.41) is 1.81. The number of hydrogen-bond donors (Lipinski definition) is 0. The fourth-order valence-corrected chi connectivity index (χ4v) is 6.05. The molecule has 0 aliphatic carbocycles. The van der Waals surface area contributed by atoms with Gasteiger partial charge < -0.3 is 4.57 Å². The molecule has 0 unspecified atom stereocenters. The molecule has 0 amide bonds. The summed E-state index contributed by atoms with van der Waals surface area (Å²) in [6, 6.07) is 19.2. The summed E-state index contributed by atoms with van der Waals surface area (Å²) in [5.41, 5.74) is 0.747. The Morgan fingerprint density at radius 2 is 1.58 bits per heavy atom. The molecule has 5 nitrogen and oxygen atoms in total. The lowest BCUT2D eigenvalue weighted by Crippen LogP contribution is -2.39. The first-order chi connectivity index (χ1) is 15.7. The Bertz CT molecular complexity index is 1420. The zero-order valence-corrected chi connectivity index (χ0v) is 18.5. The van der Waals surface area contributed by atoms with Crippen LogP contribution in [0.5, 0.6) is 0 Å². The van der Waals surface area contributed by atoms with Crippen LogP contribution < -0.4 is 0 Å². The first-order valence-electron chi connectivity index (χ1n) is 10.7. The number of fused-ring (bicyclic) bond motifs is 2. The summed E-state index contributed by atoms with van der Waals surface area (Å²) in [7, 11) is -3.67. The molecular weight excluding hydrogens is 451 g/mol. The highest BCUT2D eigenvalue weighted by Gasteiger charge is 2.38. The number of hydrogen-bond acceptors (Lipinski definition) is 3. The van der Waals surface area contributed by atoms with Gasteiger partial charge in [-0.3, -0.25) is 0 Å². The van der Waals surface area contributed by atoms with E-state index in [1.165, 1.54) is 8.87 Å². The lowest BCUT2D eigenvalue weighted by molar-refractivity contribution is -0.147. The van der Waals surface area contributed by atoms with Gasteiger partial charge >= 0.3 is 6.18 Å². The van der Waals surface area contributed by atoms with Gasteiger partial charge in [0.2, 0.25) is 15.8 Å². The van der Waals surface area contributed by atoms with Crippen molar-refractivity contribution in [1.82, 2.24) is 13.9 Å². The van der Waals surface area contributed by atoms with Gasteiger partial charge in [0, 0.05) is 19.6 Å². The number of alkyl halides is 3. The first kappa shape index (κ1) is 21.9.